The highest BCUT2D eigenvalue weighted by Crippen LogP contribution is 2.26. The van der Waals surface area contributed by atoms with Gasteiger partial charge in [-0.1, -0.05) is 35.3 Å². The molecule has 0 heterocycles. The molecule has 2 aromatic rings. The Kier molecular flexibility index (Phi) is 5.32. The number of nitriles is 2. The van der Waals surface area contributed by atoms with Crippen molar-refractivity contribution in [2.45, 2.75) is 0 Å². The van der Waals surface area contributed by atoms with E-state index in [0.29, 0.717) is 21.3 Å². The number of nitrogens with zero attached hydrogens (tertiary/aromatic N) is 3. The Balaban J connectivity index is 2.47. The van der Waals surface area contributed by atoms with Gasteiger partial charge in [0.15, 0.2) is 5.78 Å². The van der Waals surface area contributed by atoms with Crippen LogP contribution < -0.4 is 5.43 Å². The van der Waals surface area contributed by atoms with E-state index in [9.17, 15) is 4.79 Å². The number of benzene rings is 2. The number of carbonyl (C=O) groups is 1. The number of hydrazone groups is 1. The molecule has 2 aromatic carbocycles. The Bertz CT molecular complexity index is 862. The van der Waals surface area contributed by atoms with Crippen molar-refractivity contribution in [1.82, 2.24) is 0 Å². The lowest BCUT2D eigenvalue weighted by atomic mass is 10.0. The summed E-state index contributed by atoms with van der Waals surface area (Å²) in [7, 11) is 0. The fourth-order valence-electron chi connectivity index (χ4n) is 1.78. The molecule has 5 nitrogen and oxygen atoms in total. The van der Waals surface area contributed by atoms with Gasteiger partial charge in [-0.05, 0) is 30.3 Å². The van der Waals surface area contributed by atoms with E-state index >= 15 is 0 Å². The van der Waals surface area contributed by atoms with E-state index in [-0.39, 0.29) is 17.1 Å². The van der Waals surface area contributed by atoms with Crippen LogP contribution in [-0.4, -0.2) is 11.5 Å². The zero-order chi connectivity index (χ0) is 16.8. The first kappa shape index (κ1) is 16.5. The zero-order valence-electron chi connectivity index (χ0n) is 11.5. The molecule has 1 N–H and O–H groups in total. The highest BCUT2D eigenvalue weighted by Gasteiger charge is 2.17. The quantitative estimate of drug-likeness (QED) is 0.515. The Morgan fingerprint density at radius 2 is 1.74 bits per heavy atom. The second-order valence-electron chi connectivity index (χ2n) is 4.29. The minimum absolute atomic E-state index is 0.226. The van der Waals surface area contributed by atoms with Gasteiger partial charge in [-0.3, -0.25) is 10.2 Å². The number of halogens is 2. The van der Waals surface area contributed by atoms with Crippen LogP contribution in [0.5, 0.6) is 0 Å². The lowest BCUT2D eigenvalue weighted by molar-refractivity contribution is 0.103. The molecule has 0 unspecified atom stereocenters. The summed E-state index contributed by atoms with van der Waals surface area (Å²) >= 11 is 12.0. The molecule has 0 spiro atoms. The second kappa shape index (κ2) is 7.42. The van der Waals surface area contributed by atoms with E-state index in [1.807, 2.05) is 0 Å². The number of hydrogen-bond donors (Lipinski definition) is 1. The summed E-state index contributed by atoms with van der Waals surface area (Å²) < 4.78 is 0. The molecule has 2 rings (SSSR count). The van der Waals surface area contributed by atoms with Crippen molar-refractivity contribution in [3.63, 3.8) is 0 Å². The second-order valence-corrected chi connectivity index (χ2v) is 5.14. The average Bonchev–Trinajstić information content (AvgIpc) is 2.56. The van der Waals surface area contributed by atoms with Crippen molar-refractivity contribution in [2.24, 2.45) is 5.10 Å². The van der Waals surface area contributed by atoms with Crippen molar-refractivity contribution >= 4 is 40.4 Å². The van der Waals surface area contributed by atoms with Crippen LogP contribution in [0.2, 0.25) is 10.0 Å². The van der Waals surface area contributed by atoms with Gasteiger partial charge in [-0.2, -0.15) is 15.6 Å². The number of hydrogen-bond acceptors (Lipinski definition) is 5. The van der Waals surface area contributed by atoms with Gasteiger partial charge in [0.25, 0.3) is 0 Å². The molecule has 0 radical (unpaired) electrons. The van der Waals surface area contributed by atoms with Gasteiger partial charge in [0, 0.05) is 16.1 Å². The highest BCUT2D eigenvalue weighted by molar-refractivity contribution is 6.35. The van der Waals surface area contributed by atoms with Gasteiger partial charge in [-0.15, -0.1) is 0 Å². The lowest BCUT2D eigenvalue weighted by Gasteiger charge is -2.09. The number of nitrogens with one attached hydrogen (secondary N) is 1. The summed E-state index contributed by atoms with van der Waals surface area (Å²) in [5, 5.41) is 21.7. The van der Waals surface area contributed by atoms with Crippen molar-refractivity contribution < 1.29 is 4.79 Å². The number of ketones is 1. The van der Waals surface area contributed by atoms with E-state index in [0.717, 1.165) is 0 Å². The van der Waals surface area contributed by atoms with Gasteiger partial charge in [-0.25, -0.2) is 0 Å². The summed E-state index contributed by atoms with van der Waals surface area (Å²) in [4.78, 5) is 12.7. The topological polar surface area (TPSA) is 89.0 Å². The van der Waals surface area contributed by atoms with E-state index in [1.54, 1.807) is 42.5 Å². The van der Waals surface area contributed by atoms with Crippen LogP contribution in [0.15, 0.2) is 47.6 Å². The molecule has 0 aliphatic carbocycles. The van der Waals surface area contributed by atoms with Gasteiger partial charge in [0.2, 0.25) is 5.71 Å². The van der Waals surface area contributed by atoms with Crippen LogP contribution in [0.4, 0.5) is 5.69 Å². The van der Waals surface area contributed by atoms with Crippen LogP contribution in [0.3, 0.4) is 0 Å². The normalized spacial score (nSPS) is 9.39. The Labute approximate surface area is 142 Å². The van der Waals surface area contributed by atoms with Crippen LogP contribution in [0, 0.1) is 22.7 Å². The van der Waals surface area contributed by atoms with E-state index < -0.39 is 0 Å². The van der Waals surface area contributed by atoms with Crippen molar-refractivity contribution in [3.8, 4) is 12.1 Å². The smallest absolute Gasteiger partial charge is 0.237 e. The maximum atomic E-state index is 12.7. The number of carbonyl (C=O) groups excluding carboxylic acids is 1. The summed E-state index contributed by atoms with van der Waals surface area (Å²) in [5.74, 6) is -0.355. The summed E-state index contributed by atoms with van der Waals surface area (Å²) in [6, 6.07) is 14.4. The fourth-order valence-corrected chi connectivity index (χ4v) is 2.18. The van der Waals surface area contributed by atoms with Crippen molar-refractivity contribution in [2.75, 3.05) is 5.43 Å². The first-order valence-electron chi connectivity index (χ1n) is 6.29. The van der Waals surface area contributed by atoms with Crippen LogP contribution in [-0.2, 0) is 0 Å². The molecule has 0 atom stereocenters. The van der Waals surface area contributed by atoms with Gasteiger partial charge < -0.3 is 0 Å². The molecule has 7 heteroatoms. The summed E-state index contributed by atoms with van der Waals surface area (Å²) in [6.07, 6.45) is 0. The van der Waals surface area contributed by atoms with Crippen molar-refractivity contribution in [1.29, 1.82) is 10.5 Å². The minimum atomic E-state index is -0.365. The molecule has 0 saturated heterocycles. The van der Waals surface area contributed by atoms with E-state index in [4.69, 9.17) is 33.7 Å². The molecule has 0 aliphatic heterocycles. The molecule has 23 heavy (non-hydrogen) atoms. The maximum Gasteiger partial charge on any atom is 0.237 e. The molecular weight excluding hydrogens is 335 g/mol. The minimum Gasteiger partial charge on any atom is -0.288 e. The maximum absolute atomic E-state index is 12.7. The third kappa shape index (κ3) is 3.87. The van der Waals surface area contributed by atoms with Gasteiger partial charge in [0.1, 0.15) is 12.1 Å². The fraction of sp³-hybridized carbons (Fsp3) is 0. The summed E-state index contributed by atoms with van der Waals surface area (Å²) in [6.45, 7) is 0. The largest absolute Gasteiger partial charge is 0.288 e. The average molecular weight is 343 g/mol. The van der Waals surface area contributed by atoms with Crippen LogP contribution in [0.25, 0.3) is 0 Å². The first-order chi connectivity index (χ1) is 11.1. The van der Waals surface area contributed by atoms with Gasteiger partial charge in [0.05, 0.1) is 10.7 Å². The Hall–Kier alpha value is -2.86. The molecule has 0 aliphatic rings. The lowest BCUT2D eigenvalue weighted by Crippen LogP contribution is -2.07. The number of rotatable bonds is 4. The molecule has 112 valence electrons. The molecular formula is C16H8Cl2N4O. The zero-order valence-corrected chi connectivity index (χ0v) is 13.1. The molecule has 0 amide bonds. The SMILES string of the molecule is N#CC(C#N)=NNc1ccc(Cl)cc1C(=O)c1ccccc1Cl. The van der Waals surface area contributed by atoms with Gasteiger partial charge >= 0.3 is 0 Å². The standard InChI is InChI=1S/C16H8Cl2N4O/c17-10-5-6-15(22-21-11(8-19)9-20)13(7-10)16(23)12-3-1-2-4-14(12)18/h1-7,22H. The molecule has 0 bridgehead atoms. The Morgan fingerprint density at radius 3 is 2.39 bits per heavy atom. The highest BCUT2D eigenvalue weighted by atomic mass is 35.5. The third-order valence-corrected chi connectivity index (χ3v) is 3.41. The van der Waals surface area contributed by atoms with Crippen molar-refractivity contribution in [3.05, 3.63) is 63.6 Å². The van der Waals surface area contributed by atoms with Crippen LogP contribution in [0.1, 0.15) is 15.9 Å². The molecule has 0 aromatic heterocycles. The molecule has 0 saturated carbocycles. The van der Waals surface area contributed by atoms with E-state index in [1.165, 1.54) is 12.1 Å². The van der Waals surface area contributed by atoms with Crippen LogP contribution >= 0.6 is 23.2 Å². The van der Waals surface area contributed by atoms with E-state index in [2.05, 4.69) is 10.5 Å². The number of anilines is 1. The summed E-state index contributed by atoms with van der Waals surface area (Å²) in [5.41, 5.74) is 3.01. The third-order valence-electron chi connectivity index (χ3n) is 2.84. The first-order valence-corrected chi connectivity index (χ1v) is 7.05. The predicted octanol–water partition coefficient (Wildman–Crippen LogP) is 4.04. The molecule has 0 fully saturated rings. The predicted molar refractivity (Wildman–Crippen MR) is 88.6 cm³/mol. The monoisotopic (exact) mass is 342 g/mol. The Morgan fingerprint density at radius 1 is 1.04 bits per heavy atom.